The van der Waals surface area contributed by atoms with Crippen LogP contribution in [-0.4, -0.2) is 14.2 Å². The van der Waals surface area contributed by atoms with Gasteiger partial charge in [0.05, 0.1) is 26.7 Å². The van der Waals surface area contributed by atoms with E-state index < -0.39 is 0 Å². The Hall–Kier alpha value is -1.25. The summed E-state index contributed by atoms with van der Waals surface area (Å²) in [6.07, 6.45) is 0.258. The molecule has 1 aromatic rings. The maximum absolute atomic E-state index is 8.60. The number of nitrogens with two attached hydrogens (primary N) is 1. The lowest BCUT2D eigenvalue weighted by atomic mass is 10.0. The number of hydrogen-bond donors (Lipinski definition) is 1. The lowest BCUT2D eigenvalue weighted by Gasteiger charge is -2.14. The van der Waals surface area contributed by atoms with E-state index in [-0.39, 0.29) is 12.5 Å². The molecule has 86 valence electrons. The van der Waals surface area contributed by atoms with Crippen LogP contribution in [0.15, 0.2) is 16.6 Å². The molecule has 0 radical (unpaired) electrons. The number of benzene rings is 1. The van der Waals surface area contributed by atoms with Crippen molar-refractivity contribution in [1.29, 1.82) is 5.26 Å². The molecule has 0 fully saturated rings. The molecule has 0 aliphatic heterocycles. The van der Waals surface area contributed by atoms with Crippen LogP contribution in [0.4, 0.5) is 0 Å². The van der Waals surface area contributed by atoms with Crippen LogP contribution >= 0.6 is 15.9 Å². The lowest BCUT2D eigenvalue weighted by molar-refractivity contribution is 0.388. The van der Waals surface area contributed by atoms with Crippen molar-refractivity contribution in [3.63, 3.8) is 0 Å². The Morgan fingerprint density at radius 3 is 2.25 bits per heavy atom. The standard InChI is InChI=1S/C11H13BrN2O2/c1-15-9-5-7(8(14)3-4-13)6-10(16-2)11(9)12/h5-6,8H,3,14H2,1-2H3/t8-/m0/s1. The van der Waals surface area contributed by atoms with Gasteiger partial charge >= 0.3 is 0 Å². The topological polar surface area (TPSA) is 68.3 Å². The Labute approximate surface area is 103 Å². The monoisotopic (exact) mass is 284 g/mol. The first kappa shape index (κ1) is 12.8. The van der Waals surface area contributed by atoms with Gasteiger partial charge in [0.1, 0.15) is 16.0 Å². The molecule has 5 heteroatoms. The van der Waals surface area contributed by atoms with Gasteiger partial charge in [0.25, 0.3) is 0 Å². The minimum atomic E-state index is -0.333. The number of nitrogens with zero attached hydrogens (tertiary/aromatic N) is 1. The molecule has 1 aromatic carbocycles. The highest BCUT2D eigenvalue weighted by atomic mass is 79.9. The molecule has 0 spiro atoms. The third-order valence-corrected chi connectivity index (χ3v) is 2.99. The number of hydrogen-bond acceptors (Lipinski definition) is 4. The van der Waals surface area contributed by atoms with Gasteiger partial charge < -0.3 is 15.2 Å². The summed E-state index contributed by atoms with van der Waals surface area (Å²) in [4.78, 5) is 0. The summed E-state index contributed by atoms with van der Waals surface area (Å²) in [6, 6.07) is 5.31. The third-order valence-electron chi connectivity index (χ3n) is 2.21. The van der Waals surface area contributed by atoms with Gasteiger partial charge in [-0.3, -0.25) is 0 Å². The van der Waals surface area contributed by atoms with Crippen molar-refractivity contribution < 1.29 is 9.47 Å². The average Bonchev–Trinajstić information content (AvgIpc) is 2.29. The first-order chi connectivity index (χ1) is 7.63. The molecular formula is C11H13BrN2O2. The fraction of sp³-hybridized carbons (Fsp3) is 0.364. The molecule has 0 aliphatic carbocycles. The van der Waals surface area contributed by atoms with Crippen LogP contribution < -0.4 is 15.2 Å². The second kappa shape index (κ2) is 5.73. The summed E-state index contributed by atoms with van der Waals surface area (Å²) in [5.74, 6) is 1.28. The molecule has 0 amide bonds. The minimum Gasteiger partial charge on any atom is -0.495 e. The molecule has 2 N–H and O–H groups in total. The molecule has 4 nitrogen and oxygen atoms in total. The fourth-order valence-electron chi connectivity index (χ4n) is 1.32. The first-order valence-corrected chi connectivity index (χ1v) is 5.47. The Morgan fingerprint density at radius 1 is 1.38 bits per heavy atom. The molecule has 0 saturated heterocycles. The highest BCUT2D eigenvalue weighted by Gasteiger charge is 2.13. The Kier molecular flexibility index (Phi) is 4.59. The molecule has 0 heterocycles. The van der Waals surface area contributed by atoms with Gasteiger partial charge in [-0.15, -0.1) is 0 Å². The van der Waals surface area contributed by atoms with Crippen LogP contribution in [0.3, 0.4) is 0 Å². The number of methoxy groups -OCH3 is 2. The summed E-state index contributed by atoms with van der Waals surface area (Å²) >= 11 is 3.37. The van der Waals surface area contributed by atoms with E-state index in [1.807, 2.05) is 6.07 Å². The second-order valence-electron chi connectivity index (χ2n) is 3.21. The molecule has 0 unspecified atom stereocenters. The predicted octanol–water partition coefficient (Wildman–Crippen LogP) is 2.38. The van der Waals surface area contributed by atoms with Crippen molar-refractivity contribution in [2.24, 2.45) is 5.73 Å². The molecular weight excluding hydrogens is 272 g/mol. The van der Waals surface area contributed by atoms with Gasteiger partial charge in [0, 0.05) is 6.04 Å². The largest absolute Gasteiger partial charge is 0.495 e. The zero-order chi connectivity index (χ0) is 12.1. The number of nitriles is 1. The number of halogens is 1. The van der Waals surface area contributed by atoms with E-state index in [9.17, 15) is 0 Å². The maximum atomic E-state index is 8.60. The van der Waals surface area contributed by atoms with Crippen LogP contribution in [0.25, 0.3) is 0 Å². The number of rotatable bonds is 4. The van der Waals surface area contributed by atoms with Crippen LogP contribution in [0.2, 0.25) is 0 Å². The minimum absolute atomic E-state index is 0.258. The van der Waals surface area contributed by atoms with Gasteiger partial charge in [-0.1, -0.05) is 0 Å². The summed E-state index contributed by atoms with van der Waals surface area (Å²) in [7, 11) is 3.14. The van der Waals surface area contributed by atoms with E-state index in [1.54, 1.807) is 26.4 Å². The van der Waals surface area contributed by atoms with Crippen LogP contribution in [0.5, 0.6) is 11.5 Å². The quantitative estimate of drug-likeness (QED) is 0.922. The average molecular weight is 285 g/mol. The highest BCUT2D eigenvalue weighted by molar-refractivity contribution is 9.10. The van der Waals surface area contributed by atoms with Crippen molar-refractivity contribution in [1.82, 2.24) is 0 Å². The van der Waals surface area contributed by atoms with Gasteiger partial charge in [-0.05, 0) is 33.6 Å². The molecule has 16 heavy (non-hydrogen) atoms. The van der Waals surface area contributed by atoms with Crippen molar-refractivity contribution in [3.8, 4) is 17.6 Å². The molecule has 0 aliphatic rings. The normalized spacial score (nSPS) is 11.7. The molecule has 0 aromatic heterocycles. The molecule has 0 saturated carbocycles. The van der Waals surface area contributed by atoms with Gasteiger partial charge in [-0.25, -0.2) is 0 Å². The van der Waals surface area contributed by atoms with E-state index in [0.717, 1.165) is 10.0 Å². The maximum Gasteiger partial charge on any atom is 0.137 e. The van der Waals surface area contributed by atoms with E-state index in [4.69, 9.17) is 20.5 Å². The van der Waals surface area contributed by atoms with Crippen LogP contribution in [0.1, 0.15) is 18.0 Å². The molecule has 1 atom stereocenters. The molecule has 1 rings (SSSR count). The smallest absolute Gasteiger partial charge is 0.137 e. The second-order valence-corrected chi connectivity index (χ2v) is 4.00. The van der Waals surface area contributed by atoms with Crippen LogP contribution in [-0.2, 0) is 0 Å². The van der Waals surface area contributed by atoms with Crippen molar-refractivity contribution in [2.45, 2.75) is 12.5 Å². The zero-order valence-corrected chi connectivity index (χ0v) is 10.7. The van der Waals surface area contributed by atoms with Crippen molar-refractivity contribution in [3.05, 3.63) is 22.2 Å². The SMILES string of the molecule is COc1cc([C@@H](N)CC#N)cc(OC)c1Br. The Morgan fingerprint density at radius 2 is 1.88 bits per heavy atom. The van der Waals surface area contributed by atoms with Crippen LogP contribution in [0, 0.1) is 11.3 Å². The first-order valence-electron chi connectivity index (χ1n) is 4.68. The lowest BCUT2D eigenvalue weighted by Crippen LogP contribution is -2.09. The fourth-order valence-corrected chi connectivity index (χ4v) is 1.87. The van der Waals surface area contributed by atoms with E-state index in [2.05, 4.69) is 15.9 Å². The highest BCUT2D eigenvalue weighted by Crippen LogP contribution is 2.37. The van der Waals surface area contributed by atoms with Gasteiger partial charge in [0.15, 0.2) is 0 Å². The third kappa shape index (κ3) is 2.65. The Balaban J connectivity index is 3.17. The summed E-state index contributed by atoms with van der Waals surface area (Å²) in [6.45, 7) is 0. The summed E-state index contributed by atoms with van der Waals surface area (Å²) in [5.41, 5.74) is 6.67. The molecule has 0 bridgehead atoms. The Bertz CT molecular complexity index is 390. The van der Waals surface area contributed by atoms with E-state index in [1.165, 1.54) is 0 Å². The van der Waals surface area contributed by atoms with Crippen molar-refractivity contribution in [2.75, 3.05) is 14.2 Å². The van der Waals surface area contributed by atoms with Crippen molar-refractivity contribution >= 4 is 15.9 Å². The van der Waals surface area contributed by atoms with E-state index in [0.29, 0.717) is 11.5 Å². The summed E-state index contributed by atoms with van der Waals surface area (Å²) < 4.78 is 11.1. The summed E-state index contributed by atoms with van der Waals surface area (Å²) in [5, 5.41) is 8.60. The van der Waals surface area contributed by atoms with Gasteiger partial charge in [0.2, 0.25) is 0 Å². The van der Waals surface area contributed by atoms with E-state index >= 15 is 0 Å². The van der Waals surface area contributed by atoms with Gasteiger partial charge in [-0.2, -0.15) is 5.26 Å². The number of ether oxygens (including phenoxy) is 2. The zero-order valence-electron chi connectivity index (χ0n) is 9.16. The predicted molar refractivity (Wildman–Crippen MR) is 64.4 cm³/mol.